The molecular weight excluding hydrogens is 426 g/mol. The van der Waals surface area contributed by atoms with Crippen molar-refractivity contribution in [2.24, 2.45) is 0 Å². The Morgan fingerprint density at radius 1 is 1.13 bits per heavy atom. The van der Waals surface area contributed by atoms with Gasteiger partial charge in [-0.2, -0.15) is 0 Å². The molecule has 1 saturated heterocycles. The molecule has 0 aliphatic carbocycles. The third-order valence-electron chi connectivity index (χ3n) is 4.26. The van der Waals surface area contributed by atoms with Gasteiger partial charge in [-0.15, -0.1) is 0 Å². The highest BCUT2D eigenvalue weighted by atomic mass is 32.2. The van der Waals surface area contributed by atoms with Gasteiger partial charge in [-0.1, -0.05) is 30.0 Å². The fourth-order valence-electron chi connectivity index (χ4n) is 2.69. The number of rotatable bonds is 7. The lowest BCUT2D eigenvalue weighted by molar-refractivity contribution is -0.144. The third-order valence-corrected chi connectivity index (χ3v) is 5.56. The number of benzene rings is 2. The maximum Gasteiger partial charge on any atom is 0.344 e. The van der Waals surface area contributed by atoms with Crippen LogP contribution in [0.4, 0.5) is 5.69 Å². The van der Waals surface area contributed by atoms with Gasteiger partial charge in [-0.05, 0) is 55.0 Å². The van der Waals surface area contributed by atoms with E-state index in [1.54, 1.807) is 55.7 Å². The van der Waals surface area contributed by atoms with Crippen LogP contribution in [0.2, 0.25) is 0 Å². The number of carboxylic acid groups (broad SMARTS) is 1. The average Bonchev–Trinajstić information content (AvgIpc) is 3.01. The van der Waals surface area contributed by atoms with Gasteiger partial charge in [0.2, 0.25) is 0 Å². The zero-order chi connectivity index (χ0) is 21.8. The molecule has 0 bridgehead atoms. The van der Waals surface area contributed by atoms with Crippen molar-refractivity contribution >= 4 is 51.9 Å². The van der Waals surface area contributed by atoms with Crippen molar-refractivity contribution in [3.05, 3.63) is 52.9 Å². The van der Waals surface area contributed by atoms with E-state index in [4.69, 9.17) is 31.5 Å². The lowest BCUT2D eigenvalue weighted by Gasteiger charge is -2.15. The van der Waals surface area contributed by atoms with Crippen molar-refractivity contribution in [2.45, 2.75) is 13.0 Å². The Morgan fingerprint density at radius 2 is 1.83 bits per heavy atom. The Morgan fingerprint density at radius 3 is 2.43 bits per heavy atom. The molecule has 1 unspecified atom stereocenters. The first kappa shape index (κ1) is 21.7. The molecule has 2 aromatic carbocycles. The molecule has 7 nitrogen and oxygen atoms in total. The number of thioether (sulfide) groups is 1. The number of carboxylic acids is 1. The Balaban J connectivity index is 1.85. The summed E-state index contributed by atoms with van der Waals surface area (Å²) in [6.45, 7) is 1.43. The summed E-state index contributed by atoms with van der Waals surface area (Å²) < 4.78 is 16.3. The van der Waals surface area contributed by atoms with E-state index in [0.717, 1.165) is 0 Å². The maximum atomic E-state index is 12.9. The van der Waals surface area contributed by atoms with Crippen molar-refractivity contribution in [2.75, 3.05) is 19.1 Å². The number of thiocarbonyl (C=S) groups is 1. The van der Waals surface area contributed by atoms with Crippen molar-refractivity contribution in [3.8, 4) is 17.2 Å². The number of anilines is 1. The summed E-state index contributed by atoms with van der Waals surface area (Å²) in [5.41, 5.74) is 1.35. The fourth-order valence-corrected chi connectivity index (χ4v) is 3.98. The molecule has 2 aromatic rings. The van der Waals surface area contributed by atoms with E-state index >= 15 is 0 Å². The smallest absolute Gasteiger partial charge is 0.344 e. The van der Waals surface area contributed by atoms with Gasteiger partial charge >= 0.3 is 5.97 Å². The van der Waals surface area contributed by atoms with Crippen LogP contribution in [0.25, 0.3) is 6.08 Å². The summed E-state index contributed by atoms with van der Waals surface area (Å²) in [6.07, 6.45) is 0.681. The first-order valence-electron chi connectivity index (χ1n) is 8.83. The molecule has 1 N–H and O–H groups in total. The molecule has 3 rings (SSSR count). The molecule has 0 saturated carbocycles. The number of ether oxygens (including phenoxy) is 3. The van der Waals surface area contributed by atoms with E-state index < -0.39 is 12.1 Å². The Bertz CT molecular complexity index is 1020. The van der Waals surface area contributed by atoms with Crippen LogP contribution < -0.4 is 19.1 Å². The van der Waals surface area contributed by atoms with E-state index in [1.807, 2.05) is 0 Å². The van der Waals surface area contributed by atoms with E-state index in [-0.39, 0.29) is 5.91 Å². The summed E-state index contributed by atoms with van der Waals surface area (Å²) in [6, 6.07) is 12.1. The molecule has 1 fully saturated rings. The van der Waals surface area contributed by atoms with Gasteiger partial charge in [0.1, 0.15) is 5.75 Å². The number of aliphatic carboxylic acids is 1. The molecule has 0 aromatic heterocycles. The third kappa shape index (κ3) is 4.58. The van der Waals surface area contributed by atoms with Gasteiger partial charge in [0.15, 0.2) is 21.9 Å². The highest BCUT2D eigenvalue weighted by molar-refractivity contribution is 8.27. The van der Waals surface area contributed by atoms with Gasteiger partial charge in [0, 0.05) is 0 Å². The van der Waals surface area contributed by atoms with E-state index in [0.29, 0.717) is 37.7 Å². The zero-order valence-corrected chi connectivity index (χ0v) is 18.1. The van der Waals surface area contributed by atoms with Gasteiger partial charge in [-0.25, -0.2) is 4.79 Å². The van der Waals surface area contributed by atoms with Crippen molar-refractivity contribution in [1.82, 2.24) is 0 Å². The van der Waals surface area contributed by atoms with Crippen LogP contribution in [0.3, 0.4) is 0 Å². The SMILES string of the molecule is COc1ccc(N2C(=O)/C(=C\c3ccc(OC(C)C(=O)O)c(OC)c3)SC2=S)cc1. The number of nitrogens with zero attached hydrogens (tertiary/aromatic N) is 1. The molecule has 1 amide bonds. The van der Waals surface area contributed by atoms with Crippen molar-refractivity contribution < 1.29 is 28.9 Å². The minimum Gasteiger partial charge on any atom is -0.497 e. The Hall–Kier alpha value is -3.04. The normalized spacial score (nSPS) is 16.0. The number of amides is 1. The first-order chi connectivity index (χ1) is 14.3. The van der Waals surface area contributed by atoms with Crippen LogP contribution in [0, 0.1) is 0 Å². The summed E-state index contributed by atoms with van der Waals surface area (Å²) in [7, 11) is 3.03. The highest BCUT2D eigenvalue weighted by Gasteiger charge is 2.33. The molecule has 156 valence electrons. The van der Waals surface area contributed by atoms with Crippen LogP contribution in [0.1, 0.15) is 12.5 Å². The Labute approximate surface area is 183 Å². The zero-order valence-electron chi connectivity index (χ0n) is 16.4. The quantitative estimate of drug-likeness (QED) is 0.506. The number of hydrogen-bond donors (Lipinski definition) is 1. The molecule has 1 aliphatic heterocycles. The van der Waals surface area contributed by atoms with E-state index in [2.05, 4.69) is 0 Å². The second-order valence-corrected chi connectivity index (χ2v) is 7.90. The van der Waals surface area contributed by atoms with Crippen LogP contribution >= 0.6 is 24.0 Å². The molecular formula is C21H19NO6S2. The second-order valence-electron chi connectivity index (χ2n) is 6.22. The number of carbonyl (C=O) groups is 2. The number of methoxy groups -OCH3 is 2. The minimum atomic E-state index is -1.08. The summed E-state index contributed by atoms with van der Waals surface area (Å²) in [5.74, 6) is 0.0430. The van der Waals surface area contributed by atoms with Gasteiger partial charge in [-0.3, -0.25) is 9.69 Å². The predicted molar refractivity (Wildman–Crippen MR) is 119 cm³/mol. The summed E-state index contributed by atoms with van der Waals surface area (Å²) in [4.78, 5) is 25.9. The van der Waals surface area contributed by atoms with E-state index in [9.17, 15) is 9.59 Å². The van der Waals surface area contributed by atoms with Gasteiger partial charge < -0.3 is 19.3 Å². The standard InChI is InChI=1S/C21H19NO6S2/c1-12(20(24)25)28-16-9-4-13(10-17(16)27-3)11-18-19(23)22(21(29)30-18)14-5-7-15(26-2)8-6-14/h4-12H,1-3H3,(H,24,25)/b18-11+. The minimum absolute atomic E-state index is 0.228. The molecule has 30 heavy (non-hydrogen) atoms. The van der Waals surface area contributed by atoms with Crippen LogP contribution in [-0.2, 0) is 9.59 Å². The first-order valence-corrected chi connectivity index (χ1v) is 10.1. The van der Waals surface area contributed by atoms with Gasteiger partial charge in [0.25, 0.3) is 5.91 Å². The van der Waals surface area contributed by atoms with Crippen LogP contribution in [-0.4, -0.2) is 41.6 Å². The molecule has 1 aliphatic rings. The average molecular weight is 446 g/mol. The predicted octanol–water partition coefficient (Wildman–Crippen LogP) is 3.96. The Kier molecular flexibility index (Phi) is 6.63. The van der Waals surface area contributed by atoms with Crippen molar-refractivity contribution in [3.63, 3.8) is 0 Å². The van der Waals surface area contributed by atoms with Crippen LogP contribution in [0.15, 0.2) is 47.4 Å². The highest BCUT2D eigenvalue weighted by Crippen LogP contribution is 2.37. The van der Waals surface area contributed by atoms with Crippen LogP contribution in [0.5, 0.6) is 17.2 Å². The summed E-state index contributed by atoms with van der Waals surface area (Å²) >= 11 is 6.59. The molecule has 9 heteroatoms. The summed E-state index contributed by atoms with van der Waals surface area (Å²) in [5, 5.41) is 9.01. The second kappa shape index (κ2) is 9.19. The maximum absolute atomic E-state index is 12.9. The largest absolute Gasteiger partial charge is 0.497 e. The molecule has 0 spiro atoms. The van der Waals surface area contributed by atoms with Gasteiger partial charge in [0.05, 0.1) is 24.8 Å². The topological polar surface area (TPSA) is 85.3 Å². The van der Waals surface area contributed by atoms with E-state index in [1.165, 1.54) is 30.7 Å². The lowest BCUT2D eigenvalue weighted by Crippen LogP contribution is -2.27. The number of carbonyl (C=O) groups excluding carboxylic acids is 1. The molecule has 1 heterocycles. The monoisotopic (exact) mass is 445 g/mol. The molecule has 0 radical (unpaired) electrons. The fraction of sp³-hybridized carbons (Fsp3) is 0.190. The lowest BCUT2D eigenvalue weighted by atomic mass is 10.1. The van der Waals surface area contributed by atoms with Crippen molar-refractivity contribution in [1.29, 1.82) is 0 Å². The molecule has 1 atom stereocenters. The number of hydrogen-bond acceptors (Lipinski definition) is 7.